The Morgan fingerprint density at radius 2 is 1.86 bits per heavy atom. The molecule has 0 radical (unpaired) electrons. The van der Waals surface area contributed by atoms with Crippen molar-refractivity contribution in [2.45, 2.75) is 6.92 Å². The Kier molecular flexibility index (Phi) is 7.72. The van der Waals surface area contributed by atoms with Gasteiger partial charge in [-0.3, -0.25) is 9.78 Å². The van der Waals surface area contributed by atoms with E-state index in [1.165, 1.54) is 30.7 Å². The lowest BCUT2D eigenvalue weighted by Crippen LogP contribution is -2.12. The lowest BCUT2D eigenvalue weighted by Gasteiger charge is -2.09. The van der Waals surface area contributed by atoms with E-state index in [1.54, 1.807) is 67.7 Å². The van der Waals surface area contributed by atoms with Crippen LogP contribution < -0.4 is 10.6 Å². The number of benzene rings is 1. The number of esters is 1. The maximum Gasteiger partial charge on any atom is 0.330 e. The fourth-order valence-electron chi connectivity index (χ4n) is 3.26. The molecule has 4 rings (SSSR count). The summed E-state index contributed by atoms with van der Waals surface area (Å²) in [5.41, 5.74) is 2.46. The van der Waals surface area contributed by atoms with Crippen molar-refractivity contribution in [1.29, 1.82) is 0 Å². The molecule has 0 aliphatic rings. The van der Waals surface area contributed by atoms with E-state index in [4.69, 9.17) is 4.74 Å². The normalized spacial score (nSPS) is 10.7. The summed E-state index contributed by atoms with van der Waals surface area (Å²) in [6.07, 6.45) is 9.05. The molecule has 0 bridgehead atoms. The molecule has 0 saturated heterocycles. The molecule has 2 N–H and O–H groups in total. The Hall–Kier alpha value is -4.92. The zero-order valence-corrected chi connectivity index (χ0v) is 19.3. The number of amides is 1. The first-order valence-corrected chi connectivity index (χ1v) is 11.1. The fourth-order valence-corrected chi connectivity index (χ4v) is 3.26. The number of carbonyl (C=O) groups excluding carboxylic acids is 2. The maximum absolute atomic E-state index is 14.1. The van der Waals surface area contributed by atoms with Crippen LogP contribution in [0.2, 0.25) is 0 Å². The third-order valence-electron chi connectivity index (χ3n) is 4.94. The van der Waals surface area contributed by atoms with Crippen molar-refractivity contribution in [3.8, 4) is 11.1 Å². The number of halogens is 1. The monoisotopic (exact) mass is 483 g/mol. The van der Waals surface area contributed by atoms with Crippen molar-refractivity contribution in [2.75, 3.05) is 17.2 Å². The van der Waals surface area contributed by atoms with Gasteiger partial charge in [0.2, 0.25) is 0 Å². The Bertz CT molecular complexity index is 1410. The van der Waals surface area contributed by atoms with Crippen LogP contribution >= 0.6 is 0 Å². The van der Waals surface area contributed by atoms with Crippen LogP contribution in [0.4, 0.5) is 21.7 Å². The second kappa shape index (κ2) is 11.5. The Balaban J connectivity index is 1.42. The van der Waals surface area contributed by atoms with Crippen LogP contribution in [-0.4, -0.2) is 33.4 Å². The summed E-state index contributed by atoms with van der Waals surface area (Å²) < 4.78 is 19.0. The average Bonchev–Trinajstić information content (AvgIpc) is 2.89. The number of anilines is 3. The predicted octanol–water partition coefficient (Wildman–Crippen LogP) is 5.25. The van der Waals surface area contributed by atoms with Gasteiger partial charge in [-0.1, -0.05) is 18.2 Å². The molecular formula is C27H22FN5O3. The largest absolute Gasteiger partial charge is 0.463 e. The number of nitrogens with zero attached hydrogens (tertiary/aromatic N) is 3. The van der Waals surface area contributed by atoms with E-state index >= 15 is 0 Å². The number of hydrogen-bond acceptors (Lipinski definition) is 7. The molecule has 0 spiro atoms. The van der Waals surface area contributed by atoms with Crippen LogP contribution in [0.15, 0.2) is 85.5 Å². The number of aromatic nitrogens is 3. The standard InChI is InChI=1S/C27H22FN5O3/c1-2-36-26(34)10-8-18-7-9-24(31-15-18)33-25-14-19(11-12-30-25)27(35)32-21-13-20(16-29-17-21)22-5-3-4-6-23(22)28/h3-17H,2H2,1H3,(H,32,35)(H,30,31,33)/b10-8+. The molecule has 36 heavy (non-hydrogen) atoms. The van der Waals surface area contributed by atoms with Crippen LogP contribution in [0.25, 0.3) is 17.2 Å². The summed E-state index contributed by atoms with van der Waals surface area (Å²) in [5, 5.41) is 5.82. The number of carbonyl (C=O) groups is 2. The second-order valence-electron chi connectivity index (χ2n) is 7.51. The molecule has 180 valence electrons. The summed E-state index contributed by atoms with van der Waals surface area (Å²) in [4.78, 5) is 36.9. The molecule has 0 atom stereocenters. The highest BCUT2D eigenvalue weighted by molar-refractivity contribution is 6.04. The first-order valence-electron chi connectivity index (χ1n) is 11.1. The van der Waals surface area contributed by atoms with E-state index in [0.717, 1.165) is 5.56 Å². The van der Waals surface area contributed by atoms with Crippen molar-refractivity contribution < 1.29 is 18.7 Å². The smallest absolute Gasteiger partial charge is 0.330 e. The van der Waals surface area contributed by atoms with Crippen molar-refractivity contribution in [2.24, 2.45) is 0 Å². The summed E-state index contributed by atoms with van der Waals surface area (Å²) in [5.74, 6) is -0.239. The predicted molar refractivity (Wildman–Crippen MR) is 135 cm³/mol. The average molecular weight is 484 g/mol. The van der Waals surface area contributed by atoms with Gasteiger partial charge in [0.25, 0.3) is 5.91 Å². The van der Waals surface area contributed by atoms with E-state index in [1.807, 2.05) is 0 Å². The second-order valence-corrected chi connectivity index (χ2v) is 7.51. The highest BCUT2D eigenvalue weighted by Crippen LogP contribution is 2.24. The van der Waals surface area contributed by atoms with E-state index < -0.39 is 5.97 Å². The highest BCUT2D eigenvalue weighted by atomic mass is 19.1. The van der Waals surface area contributed by atoms with Gasteiger partial charge in [-0.2, -0.15) is 0 Å². The Morgan fingerprint density at radius 1 is 1.00 bits per heavy atom. The third kappa shape index (κ3) is 6.35. The molecule has 0 unspecified atom stereocenters. The fraction of sp³-hybridized carbons (Fsp3) is 0.0741. The van der Waals surface area contributed by atoms with Crippen LogP contribution in [0.1, 0.15) is 22.8 Å². The number of pyridine rings is 3. The van der Waals surface area contributed by atoms with Crippen LogP contribution in [0, 0.1) is 5.82 Å². The van der Waals surface area contributed by atoms with E-state index in [2.05, 4.69) is 25.6 Å². The zero-order valence-electron chi connectivity index (χ0n) is 19.3. The molecule has 9 heteroatoms. The van der Waals surface area contributed by atoms with Gasteiger partial charge in [-0.15, -0.1) is 0 Å². The van der Waals surface area contributed by atoms with Gasteiger partial charge in [0.05, 0.1) is 18.5 Å². The van der Waals surface area contributed by atoms with Gasteiger partial charge in [0, 0.05) is 41.4 Å². The van der Waals surface area contributed by atoms with Gasteiger partial charge >= 0.3 is 5.97 Å². The van der Waals surface area contributed by atoms with Crippen LogP contribution in [-0.2, 0) is 9.53 Å². The van der Waals surface area contributed by atoms with Crippen molar-refractivity contribution >= 4 is 35.3 Å². The van der Waals surface area contributed by atoms with Crippen molar-refractivity contribution in [1.82, 2.24) is 15.0 Å². The lowest BCUT2D eigenvalue weighted by atomic mass is 10.1. The number of rotatable bonds is 8. The van der Waals surface area contributed by atoms with E-state index in [-0.39, 0.29) is 11.7 Å². The minimum atomic E-state index is -0.422. The molecule has 0 aliphatic heterocycles. The molecule has 0 fully saturated rings. The minimum absolute atomic E-state index is 0.311. The van der Waals surface area contributed by atoms with Crippen LogP contribution in [0.5, 0.6) is 0 Å². The molecular weight excluding hydrogens is 461 g/mol. The summed E-state index contributed by atoms with van der Waals surface area (Å²) in [6.45, 7) is 2.05. The lowest BCUT2D eigenvalue weighted by molar-refractivity contribution is -0.137. The summed E-state index contributed by atoms with van der Waals surface area (Å²) in [6, 6.07) is 14.7. The summed E-state index contributed by atoms with van der Waals surface area (Å²) in [7, 11) is 0. The molecule has 8 nitrogen and oxygen atoms in total. The number of nitrogens with one attached hydrogen (secondary N) is 2. The van der Waals surface area contributed by atoms with Gasteiger partial charge in [-0.05, 0) is 55.0 Å². The first kappa shape index (κ1) is 24.2. The third-order valence-corrected chi connectivity index (χ3v) is 4.94. The minimum Gasteiger partial charge on any atom is -0.463 e. The van der Waals surface area contributed by atoms with Crippen molar-refractivity contribution in [3.63, 3.8) is 0 Å². The molecule has 1 aromatic carbocycles. The number of hydrogen-bond donors (Lipinski definition) is 2. The van der Waals surface area contributed by atoms with Gasteiger partial charge < -0.3 is 15.4 Å². The van der Waals surface area contributed by atoms with E-state index in [9.17, 15) is 14.0 Å². The Morgan fingerprint density at radius 3 is 2.64 bits per heavy atom. The van der Waals surface area contributed by atoms with Gasteiger partial charge in [0.1, 0.15) is 17.5 Å². The van der Waals surface area contributed by atoms with E-state index in [0.29, 0.717) is 40.6 Å². The molecule has 3 heterocycles. The molecule has 3 aromatic heterocycles. The number of ether oxygens (including phenoxy) is 1. The van der Waals surface area contributed by atoms with Crippen LogP contribution in [0.3, 0.4) is 0 Å². The molecule has 1 amide bonds. The van der Waals surface area contributed by atoms with Crippen molar-refractivity contribution in [3.05, 3.63) is 102 Å². The first-order chi connectivity index (χ1) is 17.5. The molecule has 4 aromatic rings. The van der Waals surface area contributed by atoms with Gasteiger partial charge in [-0.25, -0.2) is 19.2 Å². The Labute approximate surface area is 206 Å². The molecule has 0 aliphatic carbocycles. The van der Waals surface area contributed by atoms with Gasteiger partial charge in [0.15, 0.2) is 0 Å². The maximum atomic E-state index is 14.1. The zero-order chi connectivity index (χ0) is 25.3. The molecule has 0 saturated carbocycles. The summed E-state index contributed by atoms with van der Waals surface area (Å²) >= 11 is 0. The highest BCUT2D eigenvalue weighted by Gasteiger charge is 2.11. The topological polar surface area (TPSA) is 106 Å². The SMILES string of the molecule is CCOC(=O)/C=C/c1ccc(Nc2cc(C(=O)Nc3cncc(-c4ccccc4F)c3)ccn2)nc1. The quantitative estimate of drug-likeness (QED) is 0.260.